The van der Waals surface area contributed by atoms with Gasteiger partial charge in [-0.15, -0.1) is 0 Å². The van der Waals surface area contributed by atoms with E-state index in [0.717, 1.165) is 25.9 Å². The zero-order valence-corrected chi connectivity index (χ0v) is 24.4. The molecule has 2 amide bonds. The molecule has 0 radical (unpaired) electrons. The minimum absolute atomic E-state index is 0.0106. The maximum absolute atomic E-state index is 13.5. The average molecular weight is 638 g/mol. The molecule has 4 rings (SSSR count). The van der Waals surface area contributed by atoms with Gasteiger partial charge in [-0.3, -0.25) is 9.59 Å². The van der Waals surface area contributed by atoms with E-state index in [1.165, 1.54) is 18.4 Å². The number of likely N-dealkylation sites (tertiary alicyclic amines) is 2. The van der Waals surface area contributed by atoms with Crippen LogP contribution in [0.3, 0.4) is 0 Å². The minimum Gasteiger partial charge on any atom is -0.342 e. The van der Waals surface area contributed by atoms with Gasteiger partial charge in [0.25, 0.3) is 5.91 Å². The summed E-state index contributed by atoms with van der Waals surface area (Å²) >= 11 is 12.4. The van der Waals surface area contributed by atoms with Gasteiger partial charge in [-0.1, -0.05) is 35.7 Å². The molecular formula is C29H31Cl2F6N3O2. The van der Waals surface area contributed by atoms with Crippen LogP contribution in [-0.4, -0.2) is 72.3 Å². The number of alkyl halides is 6. The van der Waals surface area contributed by atoms with Gasteiger partial charge in [0, 0.05) is 50.6 Å². The lowest BCUT2D eigenvalue weighted by molar-refractivity contribution is -0.143. The quantitative estimate of drug-likeness (QED) is 0.311. The van der Waals surface area contributed by atoms with E-state index in [9.17, 15) is 35.9 Å². The van der Waals surface area contributed by atoms with Crippen LogP contribution in [0.15, 0.2) is 36.4 Å². The van der Waals surface area contributed by atoms with Gasteiger partial charge in [-0.25, -0.2) is 0 Å². The highest BCUT2D eigenvalue weighted by Gasteiger charge is 2.40. The second kappa shape index (κ2) is 13.0. The van der Waals surface area contributed by atoms with Crippen molar-refractivity contribution in [2.75, 3.05) is 39.8 Å². The lowest BCUT2D eigenvalue weighted by atomic mass is 9.84. The summed E-state index contributed by atoms with van der Waals surface area (Å²) in [5, 5.41) is 0.526. The van der Waals surface area contributed by atoms with Crippen LogP contribution in [0.4, 0.5) is 26.3 Å². The predicted octanol–water partition coefficient (Wildman–Crippen LogP) is 7.36. The molecule has 2 aliphatic rings. The number of benzene rings is 2. The standard InChI is InChI=1S/C29H31Cl2F6N3O2/c1-38(27(42)19-13-20(28(32,33)34)16-21(14-19)29(35,36)37)25-7-12-40(26(41)8-11-39-9-3-2-4-10-39)17-22(25)18-5-6-23(30)24(31)15-18/h5-6,13-16,22,25H,2-4,7-12,17H2,1H3/t22-,25+/m0/s1. The van der Waals surface area contributed by atoms with Gasteiger partial charge in [0.05, 0.1) is 21.2 Å². The number of amides is 2. The van der Waals surface area contributed by atoms with Crippen LogP contribution in [0.1, 0.15) is 65.1 Å². The number of hydrogen-bond donors (Lipinski definition) is 0. The Morgan fingerprint density at radius 3 is 2.07 bits per heavy atom. The molecule has 2 atom stereocenters. The van der Waals surface area contributed by atoms with E-state index in [1.807, 2.05) is 0 Å². The van der Waals surface area contributed by atoms with Crippen molar-refractivity contribution in [3.8, 4) is 0 Å². The lowest BCUT2D eigenvalue weighted by Crippen LogP contribution is -2.52. The molecular weight excluding hydrogens is 607 g/mol. The summed E-state index contributed by atoms with van der Waals surface area (Å²) in [6, 6.07) is 5.07. The molecule has 13 heteroatoms. The van der Waals surface area contributed by atoms with Crippen LogP contribution in [-0.2, 0) is 17.1 Å². The van der Waals surface area contributed by atoms with E-state index in [-0.39, 0.29) is 41.5 Å². The fraction of sp³-hybridized carbons (Fsp3) is 0.517. The van der Waals surface area contributed by atoms with Gasteiger partial charge in [0.2, 0.25) is 5.91 Å². The first kappa shape index (κ1) is 32.4. The summed E-state index contributed by atoms with van der Waals surface area (Å²) in [6.45, 7) is 2.98. The molecule has 42 heavy (non-hydrogen) atoms. The number of nitrogens with zero attached hydrogens (tertiary/aromatic N) is 3. The normalized spacial score (nSPS) is 20.5. The zero-order chi connectivity index (χ0) is 30.8. The Morgan fingerprint density at radius 2 is 1.50 bits per heavy atom. The molecule has 2 heterocycles. The van der Waals surface area contributed by atoms with Gasteiger partial charge >= 0.3 is 12.4 Å². The third kappa shape index (κ3) is 7.71. The Kier molecular flexibility index (Phi) is 10.0. The Labute approximate surface area is 250 Å². The van der Waals surface area contributed by atoms with E-state index >= 15 is 0 Å². The van der Waals surface area contributed by atoms with Crippen LogP contribution in [0.5, 0.6) is 0 Å². The monoisotopic (exact) mass is 637 g/mol. The van der Waals surface area contributed by atoms with E-state index < -0.39 is 46.9 Å². The van der Waals surface area contributed by atoms with Crippen LogP contribution in [0.25, 0.3) is 0 Å². The average Bonchev–Trinajstić information content (AvgIpc) is 2.95. The minimum atomic E-state index is -5.09. The number of piperidine rings is 2. The van der Waals surface area contributed by atoms with Gasteiger partial charge in [0.1, 0.15) is 0 Å². The van der Waals surface area contributed by atoms with Gasteiger partial charge in [-0.05, 0) is 68.2 Å². The second-order valence-electron chi connectivity index (χ2n) is 10.8. The first-order valence-electron chi connectivity index (χ1n) is 13.7. The van der Waals surface area contributed by atoms with Crippen molar-refractivity contribution in [2.45, 2.75) is 56.4 Å². The first-order chi connectivity index (χ1) is 19.6. The van der Waals surface area contributed by atoms with Crippen LogP contribution in [0, 0.1) is 0 Å². The van der Waals surface area contributed by atoms with Crippen molar-refractivity contribution in [3.05, 3.63) is 68.7 Å². The number of rotatable bonds is 6. The summed E-state index contributed by atoms with van der Waals surface area (Å²) in [5.41, 5.74) is -3.22. The largest absolute Gasteiger partial charge is 0.416 e. The highest BCUT2D eigenvalue weighted by Crippen LogP contribution is 2.38. The molecule has 0 spiro atoms. The van der Waals surface area contributed by atoms with Crippen molar-refractivity contribution >= 4 is 35.0 Å². The number of carbonyl (C=O) groups is 2. The molecule has 2 aromatic carbocycles. The van der Waals surface area contributed by atoms with E-state index in [1.54, 1.807) is 23.1 Å². The molecule has 2 aromatic rings. The highest BCUT2D eigenvalue weighted by molar-refractivity contribution is 6.42. The van der Waals surface area contributed by atoms with Gasteiger partial charge in [0.15, 0.2) is 0 Å². The van der Waals surface area contributed by atoms with Crippen molar-refractivity contribution in [3.63, 3.8) is 0 Å². The second-order valence-corrected chi connectivity index (χ2v) is 11.7. The molecule has 2 saturated heterocycles. The zero-order valence-electron chi connectivity index (χ0n) is 22.9. The first-order valence-corrected chi connectivity index (χ1v) is 14.4. The molecule has 230 valence electrons. The van der Waals surface area contributed by atoms with E-state index in [4.69, 9.17) is 23.2 Å². The molecule has 0 bridgehead atoms. The molecule has 5 nitrogen and oxygen atoms in total. The fourth-order valence-corrected chi connectivity index (χ4v) is 6.03. The molecule has 2 fully saturated rings. The van der Waals surface area contributed by atoms with E-state index in [0.29, 0.717) is 30.7 Å². The number of hydrogen-bond acceptors (Lipinski definition) is 3. The van der Waals surface area contributed by atoms with Crippen molar-refractivity contribution in [2.24, 2.45) is 0 Å². The Balaban J connectivity index is 1.60. The molecule has 0 N–H and O–H groups in total. The van der Waals surface area contributed by atoms with Crippen molar-refractivity contribution in [1.82, 2.24) is 14.7 Å². The topological polar surface area (TPSA) is 43.9 Å². The molecule has 0 unspecified atom stereocenters. The molecule has 0 aliphatic carbocycles. The van der Waals surface area contributed by atoms with Crippen molar-refractivity contribution < 1.29 is 35.9 Å². The maximum Gasteiger partial charge on any atom is 0.416 e. The van der Waals surface area contributed by atoms with Crippen LogP contribution in [0.2, 0.25) is 10.0 Å². The lowest BCUT2D eigenvalue weighted by Gasteiger charge is -2.43. The molecule has 2 aliphatic heterocycles. The Morgan fingerprint density at radius 1 is 0.881 bits per heavy atom. The molecule has 0 saturated carbocycles. The fourth-order valence-electron chi connectivity index (χ4n) is 5.73. The Hall–Kier alpha value is -2.50. The SMILES string of the molecule is CN(C(=O)c1cc(C(F)(F)F)cc(C(F)(F)F)c1)[C@@H]1CCN(C(=O)CCN2CCCCC2)C[C@H]1c1ccc(Cl)c(Cl)c1. The maximum atomic E-state index is 13.5. The van der Waals surface area contributed by atoms with Gasteiger partial charge < -0.3 is 14.7 Å². The Bertz CT molecular complexity index is 1260. The number of carbonyl (C=O) groups excluding carboxylic acids is 2. The summed E-state index contributed by atoms with van der Waals surface area (Å²) in [7, 11) is 1.35. The van der Waals surface area contributed by atoms with Crippen LogP contribution < -0.4 is 0 Å². The summed E-state index contributed by atoms with van der Waals surface area (Å²) < 4.78 is 80.7. The molecule has 0 aromatic heterocycles. The third-order valence-electron chi connectivity index (χ3n) is 8.04. The van der Waals surface area contributed by atoms with Gasteiger partial charge in [-0.2, -0.15) is 26.3 Å². The highest BCUT2D eigenvalue weighted by atomic mass is 35.5. The third-order valence-corrected chi connectivity index (χ3v) is 8.78. The number of likely N-dealkylation sites (N-methyl/N-ethyl adjacent to an activating group) is 1. The smallest absolute Gasteiger partial charge is 0.342 e. The summed E-state index contributed by atoms with van der Waals surface area (Å²) in [6.07, 6.45) is -6.24. The summed E-state index contributed by atoms with van der Waals surface area (Å²) in [4.78, 5) is 31.8. The predicted molar refractivity (Wildman–Crippen MR) is 148 cm³/mol. The van der Waals surface area contributed by atoms with Crippen molar-refractivity contribution in [1.29, 1.82) is 0 Å². The summed E-state index contributed by atoms with van der Waals surface area (Å²) in [5.74, 6) is -1.58. The van der Waals surface area contributed by atoms with E-state index in [2.05, 4.69) is 4.90 Å². The number of halogens is 8. The van der Waals surface area contributed by atoms with Crippen LogP contribution >= 0.6 is 23.2 Å².